The molecular formula is C13H11Cl2N3O. The number of hydrogen-bond donors (Lipinski definition) is 1. The predicted octanol–water partition coefficient (Wildman–Crippen LogP) is 3.10. The highest BCUT2D eigenvalue weighted by molar-refractivity contribution is 6.38. The van der Waals surface area contributed by atoms with Gasteiger partial charge in [-0.05, 0) is 24.3 Å². The number of nitrogens with one attached hydrogen (secondary N) is 1. The minimum absolute atomic E-state index is 0.299. The molecule has 1 amide bonds. The van der Waals surface area contributed by atoms with Crippen molar-refractivity contribution in [1.82, 2.24) is 9.99 Å². The van der Waals surface area contributed by atoms with E-state index >= 15 is 0 Å². The topological polar surface area (TPSA) is 46.4 Å². The summed E-state index contributed by atoms with van der Waals surface area (Å²) in [7, 11) is 1.78. The number of halogens is 2. The molecule has 1 N–H and O–H groups in total. The van der Waals surface area contributed by atoms with Crippen LogP contribution in [0.3, 0.4) is 0 Å². The van der Waals surface area contributed by atoms with Crippen LogP contribution in [0.1, 0.15) is 16.1 Å². The van der Waals surface area contributed by atoms with Crippen molar-refractivity contribution in [2.24, 2.45) is 12.1 Å². The van der Waals surface area contributed by atoms with Crippen LogP contribution in [0.25, 0.3) is 0 Å². The van der Waals surface area contributed by atoms with Gasteiger partial charge in [0.1, 0.15) is 5.69 Å². The van der Waals surface area contributed by atoms with Gasteiger partial charge in [0.25, 0.3) is 5.91 Å². The summed E-state index contributed by atoms with van der Waals surface area (Å²) in [5, 5.41) is 4.81. The largest absolute Gasteiger partial charge is 0.347 e. The van der Waals surface area contributed by atoms with Crippen molar-refractivity contribution in [3.05, 3.63) is 57.8 Å². The van der Waals surface area contributed by atoms with Gasteiger partial charge in [-0.1, -0.05) is 29.3 Å². The Labute approximate surface area is 120 Å². The average Bonchev–Trinajstić information content (AvgIpc) is 2.79. The van der Waals surface area contributed by atoms with Crippen LogP contribution in [0.4, 0.5) is 0 Å². The summed E-state index contributed by atoms with van der Waals surface area (Å²) in [4.78, 5) is 11.8. The van der Waals surface area contributed by atoms with Gasteiger partial charge in [-0.25, -0.2) is 5.43 Å². The molecule has 19 heavy (non-hydrogen) atoms. The lowest BCUT2D eigenvalue weighted by Crippen LogP contribution is -2.20. The Hall–Kier alpha value is -1.78. The van der Waals surface area contributed by atoms with Gasteiger partial charge in [-0.3, -0.25) is 4.79 Å². The van der Waals surface area contributed by atoms with E-state index in [2.05, 4.69) is 10.5 Å². The second kappa shape index (κ2) is 5.91. The third-order valence-corrected chi connectivity index (χ3v) is 3.20. The maximum absolute atomic E-state index is 11.8. The van der Waals surface area contributed by atoms with Crippen LogP contribution in [-0.2, 0) is 7.05 Å². The molecule has 0 radical (unpaired) electrons. The first-order valence-electron chi connectivity index (χ1n) is 5.48. The molecule has 0 aliphatic carbocycles. The monoisotopic (exact) mass is 295 g/mol. The molecule has 0 unspecified atom stereocenters. The number of nitrogens with zero attached hydrogens (tertiary/aromatic N) is 2. The number of aromatic nitrogens is 1. The minimum atomic E-state index is -0.299. The summed E-state index contributed by atoms with van der Waals surface area (Å²) >= 11 is 12.0. The lowest BCUT2D eigenvalue weighted by atomic mass is 10.2. The molecule has 0 spiro atoms. The van der Waals surface area contributed by atoms with Gasteiger partial charge in [0.05, 0.1) is 16.3 Å². The summed E-state index contributed by atoms with van der Waals surface area (Å²) in [5.74, 6) is -0.299. The van der Waals surface area contributed by atoms with Gasteiger partial charge in [0, 0.05) is 18.8 Å². The summed E-state index contributed by atoms with van der Waals surface area (Å²) in [6.45, 7) is 0. The number of rotatable bonds is 3. The summed E-state index contributed by atoms with van der Waals surface area (Å²) in [5.41, 5.74) is 3.50. The molecule has 0 bridgehead atoms. The fourth-order valence-corrected chi connectivity index (χ4v) is 2.04. The van der Waals surface area contributed by atoms with Crippen LogP contribution in [-0.4, -0.2) is 16.7 Å². The Balaban J connectivity index is 2.09. The molecule has 2 aromatic rings. The first-order chi connectivity index (χ1) is 9.09. The summed E-state index contributed by atoms with van der Waals surface area (Å²) < 4.78 is 1.70. The number of carbonyl (C=O) groups is 1. The molecule has 4 nitrogen and oxygen atoms in total. The molecule has 1 aromatic heterocycles. The molecular weight excluding hydrogens is 285 g/mol. The highest BCUT2D eigenvalue weighted by Gasteiger charge is 2.07. The van der Waals surface area contributed by atoms with Gasteiger partial charge >= 0.3 is 0 Å². The molecule has 6 heteroatoms. The Morgan fingerprint density at radius 3 is 2.53 bits per heavy atom. The van der Waals surface area contributed by atoms with Crippen molar-refractivity contribution >= 4 is 35.3 Å². The fourth-order valence-electron chi connectivity index (χ4n) is 1.54. The number of benzene rings is 1. The number of carbonyl (C=O) groups excluding carboxylic acids is 1. The first kappa shape index (κ1) is 13.6. The standard InChI is InChI=1S/C13H11Cl2N3O/c1-18-7-3-6-12(18)13(19)17-16-8-9-10(14)4-2-5-11(9)15/h2-8H,1H3,(H,17,19)/b16-8+. The maximum atomic E-state index is 11.8. The van der Waals surface area contributed by atoms with E-state index < -0.39 is 0 Å². The van der Waals surface area contributed by atoms with Crippen LogP contribution in [0.15, 0.2) is 41.6 Å². The Kier molecular flexibility index (Phi) is 4.24. The lowest BCUT2D eigenvalue weighted by molar-refractivity contribution is 0.0947. The Morgan fingerprint density at radius 2 is 1.95 bits per heavy atom. The Bertz CT molecular complexity index is 614. The van der Waals surface area contributed by atoms with Crippen LogP contribution in [0.5, 0.6) is 0 Å². The molecule has 0 atom stereocenters. The molecule has 0 aliphatic heterocycles. The van der Waals surface area contributed by atoms with E-state index in [9.17, 15) is 4.79 Å². The van der Waals surface area contributed by atoms with Gasteiger partial charge in [0.15, 0.2) is 0 Å². The highest BCUT2D eigenvalue weighted by Crippen LogP contribution is 2.21. The molecule has 1 aromatic carbocycles. The van der Waals surface area contributed by atoms with Gasteiger partial charge in [-0.15, -0.1) is 0 Å². The van der Waals surface area contributed by atoms with Gasteiger partial charge in [0.2, 0.25) is 0 Å². The van der Waals surface area contributed by atoms with Crippen molar-refractivity contribution in [2.45, 2.75) is 0 Å². The summed E-state index contributed by atoms with van der Waals surface area (Å²) in [6.07, 6.45) is 3.20. The molecule has 1 heterocycles. The number of aryl methyl sites for hydroxylation is 1. The number of hydrazone groups is 1. The molecule has 2 rings (SSSR count). The van der Waals surface area contributed by atoms with Crippen LogP contribution < -0.4 is 5.43 Å². The zero-order chi connectivity index (χ0) is 13.8. The van der Waals surface area contributed by atoms with Crippen molar-refractivity contribution in [3.63, 3.8) is 0 Å². The second-order valence-corrected chi connectivity index (χ2v) is 4.65. The van der Waals surface area contributed by atoms with E-state index in [-0.39, 0.29) is 5.91 Å². The smallest absolute Gasteiger partial charge is 0.287 e. The lowest BCUT2D eigenvalue weighted by Gasteiger charge is -2.02. The zero-order valence-corrected chi connectivity index (χ0v) is 11.6. The second-order valence-electron chi connectivity index (χ2n) is 3.84. The fraction of sp³-hybridized carbons (Fsp3) is 0.0769. The van der Waals surface area contributed by atoms with E-state index in [1.54, 1.807) is 48.1 Å². The van der Waals surface area contributed by atoms with E-state index in [0.29, 0.717) is 21.3 Å². The normalized spacial score (nSPS) is 10.9. The van der Waals surface area contributed by atoms with Crippen molar-refractivity contribution in [1.29, 1.82) is 0 Å². The van der Waals surface area contributed by atoms with E-state index in [1.165, 1.54) is 6.21 Å². The van der Waals surface area contributed by atoms with Crippen LogP contribution in [0.2, 0.25) is 10.0 Å². The average molecular weight is 296 g/mol. The van der Waals surface area contributed by atoms with Crippen LogP contribution >= 0.6 is 23.2 Å². The third kappa shape index (κ3) is 3.16. The highest BCUT2D eigenvalue weighted by atomic mass is 35.5. The SMILES string of the molecule is Cn1cccc1C(=O)N/N=C/c1c(Cl)cccc1Cl. The minimum Gasteiger partial charge on any atom is -0.347 e. The number of amides is 1. The zero-order valence-electron chi connectivity index (χ0n) is 10.1. The van der Waals surface area contributed by atoms with Gasteiger partial charge in [-0.2, -0.15) is 5.10 Å². The van der Waals surface area contributed by atoms with E-state index in [0.717, 1.165) is 0 Å². The van der Waals surface area contributed by atoms with Gasteiger partial charge < -0.3 is 4.57 Å². The molecule has 0 aliphatic rings. The molecule has 0 saturated carbocycles. The van der Waals surface area contributed by atoms with Crippen molar-refractivity contribution < 1.29 is 4.79 Å². The molecule has 98 valence electrons. The third-order valence-electron chi connectivity index (χ3n) is 2.54. The van der Waals surface area contributed by atoms with Crippen LogP contribution in [0, 0.1) is 0 Å². The number of hydrogen-bond acceptors (Lipinski definition) is 2. The van der Waals surface area contributed by atoms with E-state index in [4.69, 9.17) is 23.2 Å². The predicted molar refractivity (Wildman–Crippen MR) is 76.9 cm³/mol. The quantitative estimate of drug-likeness (QED) is 0.686. The molecule has 0 fully saturated rings. The van der Waals surface area contributed by atoms with E-state index in [1.807, 2.05) is 0 Å². The summed E-state index contributed by atoms with van der Waals surface area (Å²) in [6, 6.07) is 8.63. The molecule has 0 saturated heterocycles. The van der Waals surface area contributed by atoms with Crippen molar-refractivity contribution in [2.75, 3.05) is 0 Å². The van der Waals surface area contributed by atoms with Crippen molar-refractivity contribution in [3.8, 4) is 0 Å². The maximum Gasteiger partial charge on any atom is 0.287 e. The Morgan fingerprint density at radius 1 is 1.26 bits per heavy atom. The first-order valence-corrected chi connectivity index (χ1v) is 6.24.